The zero-order valence-corrected chi connectivity index (χ0v) is 18.3. The van der Waals surface area contributed by atoms with Crippen LogP contribution >= 0.6 is 0 Å². The lowest BCUT2D eigenvalue weighted by atomic mass is 10.1. The Hall–Kier alpha value is -0.530. The van der Waals surface area contributed by atoms with Crippen LogP contribution < -0.4 is 0 Å². The van der Waals surface area contributed by atoms with Gasteiger partial charge in [0, 0.05) is 6.42 Å². The highest BCUT2D eigenvalue weighted by Crippen LogP contribution is 2.14. The van der Waals surface area contributed by atoms with Crippen molar-refractivity contribution in [2.45, 2.75) is 149 Å². The number of unbranched alkanes of at least 4 members (excludes halogenated alkanes) is 15. The highest BCUT2D eigenvalue weighted by Gasteiger charge is 2.09. The van der Waals surface area contributed by atoms with Crippen LogP contribution in [0.1, 0.15) is 143 Å². The van der Waals surface area contributed by atoms with Crippen molar-refractivity contribution in [3.05, 3.63) is 0 Å². The lowest BCUT2D eigenvalue weighted by Gasteiger charge is -2.13. The first-order chi connectivity index (χ1) is 12.7. The van der Waals surface area contributed by atoms with E-state index in [9.17, 15) is 4.79 Å². The van der Waals surface area contributed by atoms with Crippen LogP contribution in [0.4, 0.5) is 0 Å². The fourth-order valence-electron chi connectivity index (χ4n) is 3.49. The van der Waals surface area contributed by atoms with Crippen LogP contribution in [0.25, 0.3) is 0 Å². The van der Waals surface area contributed by atoms with Crippen LogP contribution in [0.15, 0.2) is 0 Å². The van der Waals surface area contributed by atoms with Crippen molar-refractivity contribution < 1.29 is 9.53 Å². The third-order valence-electron chi connectivity index (χ3n) is 5.28. The minimum atomic E-state index is 0.0139. The molecule has 2 nitrogen and oxygen atoms in total. The quantitative estimate of drug-likeness (QED) is 0.159. The molecular weight excluding hydrogens is 320 g/mol. The van der Waals surface area contributed by atoms with Crippen molar-refractivity contribution in [1.29, 1.82) is 0 Å². The van der Waals surface area contributed by atoms with Gasteiger partial charge < -0.3 is 4.74 Å². The van der Waals surface area contributed by atoms with Gasteiger partial charge in [-0.2, -0.15) is 0 Å². The Morgan fingerprint density at radius 1 is 0.615 bits per heavy atom. The Morgan fingerprint density at radius 3 is 1.46 bits per heavy atom. The second kappa shape index (κ2) is 20.8. The summed E-state index contributed by atoms with van der Waals surface area (Å²) in [7, 11) is 0. The Morgan fingerprint density at radius 2 is 1.00 bits per heavy atom. The maximum atomic E-state index is 11.9. The predicted molar refractivity (Wildman–Crippen MR) is 115 cm³/mol. The summed E-state index contributed by atoms with van der Waals surface area (Å²) < 4.78 is 5.54. The largest absolute Gasteiger partial charge is 0.463 e. The zero-order chi connectivity index (χ0) is 19.3. The topological polar surface area (TPSA) is 26.3 Å². The average Bonchev–Trinajstić information content (AvgIpc) is 2.62. The molecule has 0 rings (SSSR count). The van der Waals surface area contributed by atoms with Gasteiger partial charge in [0.05, 0.1) is 6.10 Å². The normalized spacial score (nSPS) is 12.3. The van der Waals surface area contributed by atoms with Gasteiger partial charge in [0.1, 0.15) is 0 Å². The number of rotatable bonds is 20. The fourth-order valence-corrected chi connectivity index (χ4v) is 3.49. The lowest BCUT2D eigenvalue weighted by molar-refractivity contribution is -0.148. The minimum Gasteiger partial charge on any atom is -0.463 e. The Balaban J connectivity index is 3.31. The first-order valence-corrected chi connectivity index (χ1v) is 11.9. The molecule has 0 saturated carbocycles. The van der Waals surface area contributed by atoms with Crippen molar-refractivity contribution in [3.63, 3.8) is 0 Å². The summed E-state index contributed by atoms with van der Waals surface area (Å²) in [6.45, 7) is 6.57. The van der Waals surface area contributed by atoms with Crippen molar-refractivity contribution in [2.24, 2.45) is 0 Å². The van der Waals surface area contributed by atoms with Crippen molar-refractivity contribution in [1.82, 2.24) is 0 Å². The fraction of sp³-hybridized carbons (Fsp3) is 0.958. The standard InChI is InChI=1S/C24H48O2/c1-4-6-8-10-12-13-14-16-18-20-22-24(25)26-23(3)21-19-17-15-11-9-7-5-2/h23H,4-22H2,1-3H3. The summed E-state index contributed by atoms with van der Waals surface area (Å²) in [6, 6.07) is 0. The van der Waals surface area contributed by atoms with Gasteiger partial charge in [0.2, 0.25) is 0 Å². The van der Waals surface area contributed by atoms with E-state index in [0.29, 0.717) is 6.42 Å². The van der Waals surface area contributed by atoms with Crippen LogP contribution in [-0.4, -0.2) is 12.1 Å². The molecule has 0 N–H and O–H groups in total. The third-order valence-corrected chi connectivity index (χ3v) is 5.28. The zero-order valence-electron chi connectivity index (χ0n) is 18.3. The summed E-state index contributed by atoms with van der Waals surface area (Å²) >= 11 is 0. The van der Waals surface area contributed by atoms with Gasteiger partial charge in [-0.15, -0.1) is 0 Å². The number of hydrogen-bond acceptors (Lipinski definition) is 2. The molecule has 0 aliphatic heterocycles. The first-order valence-electron chi connectivity index (χ1n) is 11.9. The molecule has 0 aromatic heterocycles. The molecule has 0 fully saturated rings. The molecule has 0 bridgehead atoms. The van der Waals surface area contributed by atoms with Crippen molar-refractivity contribution >= 4 is 5.97 Å². The number of carbonyl (C=O) groups excluding carboxylic acids is 1. The van der Waals surface area contributed by atoms with Crippen molar-refractivity contribution in [3.8, 4) is 0 Å². The van der Waals surface area contributed by atoms with E-state index in [0.717, 1.165) is 12.8 Å². The molecule has 1 atom stereocenters. The van der Waals surface area contributed by atoms with Crippen LogP contribution in [0, 0.1) is 0 Å². The van der Waals surface area contributed by atoms with E-state index in [2.05, 4.69) is 13.8 Å². The van der Waals surface area contributed by atoms with Gasteiger partial charge in [0.25, 0.3) is 0 Å². The summed E-state index contributed by atoms with van der Waals surface area (Å²) in [5.41, 5.74) is 0. The molecule has 0 aliphatic carbocycles. The Bertz CT molecular complexity index is 288. The van der Waals surface area contributed by atoms with Crippen molar-refractivity contribution in [2.75, 3.05) is 0 Å². The van der Waals surface area contributed by atoms with E-state index in [1.807, 2.05) is 6.92 Å². The lowest BCUT2D eigenvalue weighted by Crippen LogP contribution is -2.14. The highest BCUT2D eigenvalue weighted by atomic mass is 16.5. The smallest absolute Gasteiger partial charge is 0.306 e. The highest BCUT2D eigenvalue weighted by molar-refractivity contribution is 5.69. The SMILES string of the molecule is CCCCCCCCCCCCC(=O)OC(C)CCCCCCCCC. The van der Waals surface area contributed by atoms with Crippen LogP contribution in [0.5, 0.6) is 0 Å². The molecule has 0 spiro atoms. The van der Waals surface area contributed by atoms with Crippen LogP contribution in [0.2, 0.25) is 0 Å². The summed E-state index contributed by atoms with van der Waals surface area (Å²) in [5, 5.41) is 0. The molecule has 0 amide bonds. The molecule has 0 radical (unpaired) electrons. The molecule has 0 aromatic rings. The first kappa shape index (κ1) is 25.5. The van der Waals surface area contributed by atoms with Gasteiger partial charge in [-0.05, 0) is 26.2 Å². The molecule has 2 heteroatoms. The molecule has 26 heavy (non-hydrogen) atoms. The van der Waals surface area contributed by atoms with Crippen LogP contribution in [0.3, 0.4) is 0 Å². The molecule has 0 aromatic carbocycles. The molecule has 156 valence electrons. The van der Waals surface area contributed by atoms with E-state index in [1.54, 1.807) is 0 Å². The van der Waals surface area contributed by atoms with E-state index in [4.69, 9.17) is 4.74 Å². The number of carbonyl (C=O) groups is 1. The Kier molecular flexibility index (Phi) is 20.4. The molecule has 1 unspecified atom stereocenters. The second-order valence-corrected chi connectivity index (χ2v) is 8.14. The molecule has 0 heterocycles. The third kappa shape index (κ3) is 19.8. The summed E-state index contributed by atoms with van der Waals surface area (Å²) in [5.74, 6) is 0.0139. The monoisotopic (exact) mass is 368 g/mol. The predicted octanol–water partition coefficient (Wildman–Crippen LogP) is 8.37. The maximum Gasteiger partial charge on any atom is 0.306 e. The minimum absolute atomic E-state index is 0.0139. The van der Waals surface area contributed by atoms with Gasteiger partial charge >= 0.3 is 5.97 Å². The van der Waals surface area contributed by atoms with Gasteiger partial charge in [-0.3, -0.25) is 4.79 Å². The van der Waals surface area contributed by atoms with Crippen LogP contribution in [-0.2, 0) is 9.53 Å². The molecular formula is C24H48O2. The second-order valence-electron chi connectivity index (χ2n) is 8.14. The number of hydrogen-bond donors (Lipinski definition) is 0. The average molecular weight is 369 g/mol. The van der Waals surface area contributed by atoms with Gasteiger partial charge in [-0.1, -0.05) is 110 Å². The summed E-state index contributed by atoms with van der Waals surface area (Å²) in [4.78, 5) is 11.9. The number of esters is 1. The van der Waals surface area contributed by atoms with E-state index >= 15 is 0 Å². The molecule has 0 aliphatic rings. The molecule has 0 saturated heterocycles. The van der Waals surface area contributed by atoms with E-state index < -0.39 is 0 Å². The Labute approximate surface area is 164 Å². The maximum absolute atomic E-state index is 11.9. The van der Waals surface area contributed by atoms with E-state index in [-0.39, 0.29) is 12.1 Å². The summed E-state index contributed by atoms with van der Waals surface area (Å²) in [6.07, 6.45) is 24.0. The van der Waals surface area contributed by atoms with Gasteiger partial charge in [0.15, 0.2) is 0 Å². The van der Waals surface area contributed by atoms with Gasteiger partial charge in [-0.25, -0.2) is 0 Å². The number of ether oxygens (including phenoxy) is 1. The van der Waals surface area contributed by atoms with E-state index in [1.165, 1.54) is 103 Å².